The van der Waals surface area contributed by atoms with E-state index < -0.39 is 0 Å². The van der Waals surface area contributed by atoms with Crippen molar-refractivity contribution >= 4 is 28.9 Å². The van der Waals surface area contributed by atoms with E-state index in [4.69, 9.17) is 22.1 Å². The molecule has 0 fully saturated rings. The van der Waals surface area contributed by atoms with Crippen LogP contribution in [0.25, 0.3) is 0 Å². The smallest absolute Gasteiger partial charge is 0.224 e. The van der Waals surface area contributed by atoms with E-state index in [1.807, 2.05) is 6.92 Å². The van der Waals surface area contributed by atoms with E-state index in [9.17, 15) is 4.79 Å². The van der Waals surface area contributed by atoms with Crippen LogP contribution in [-0.4, -0.2) is 19.1 Å². The molecule has 1 rings (SSSR count). The number of nitrogens with two attached hydrogens (primary N) is 1. The predicted octanol–water partition coefficient (Wildman–Crippen LogP) is 2.68. The molecule has 0 heterocycles. The molecule has 1 aromatic rings. The van der Waals surface area contributed by atoms with E-state index in [0.717, 1.165) is 0 Å². The Morgan fingerprint density at radius 3 is 3.00 bits per heavy atom. The summed E-state index contributed by atoms with van der Waals surface area (Å²) >= 11 is 5.93. The zero-order valence-electron chi connectivity index (χ0n) is 9.83. The summed E-state index contributed by atoms with van der Waals surface area (Å²) in [6.45, 7) is 3.18. The monoisotopic (exact) mass is 256 g/mol. The normalized spacial score (nSPS) is 10.2. The average molecular weight is 257 g/mol. The summed E-state index contributed by atoms with van der Waals surface area (Å²) in [7, 11) is 0. The highest BCUT2D eigenvalue weighted by Gasteiger charge is 2.05. The number of nitrogens with one attached hydrogen (secondary N) is 1. The second-order valence-electron chi connectivity index (χ2n) is 3.59. The Morgan fingerprint density at radius 2 is 2.29 bits per heavy atom. The minimum Gasteiger partial charge on any atom is -0.399 e. The molecule has 0 radical (unpaired) electrons. The van der Waals surface area contributed by atoms with Crippen LogP contribution in [0.1, 0.15) is 19.8 Å². The lowest BCUT2D eigenvalue weighted by atomic mass is 10.2. The number of amides is 1. The predicted molar refractivity (Wildman–Crippen MR) is 70.2 cm³/mol. The summed E-state index contributed by atoms with van der Waals surface area (Å²) < 4.78 is 5.15. The first kappa shape index (κ1) is 13.8. The molecule has 0 aliphatic rings. The van der Waals surface area contributed by atoms with Gasteiger partial charge in [0, 0.05) is 25.3 Å². The summed E-state index contributed by atoms with van der Waals surface area (Å²) in [5.74, 6) is -0.0859. The molecular weight excluding hydrogens is 240 g/mol. The van der Waals surface area contributed by atoms with Gasteiger partial charge in [0.2, 0.25) is 5.91 Å². The quantitative estimate of drug-likeness (QED) is 0.608. The molecule has 0 spiro atoms. The topological polar surface area (TPSA) is 64.3 Å². The summed E-state index contributed by atoms with van der Waals surface area (Å²) in [6, 6.07) is 4.99. The van der Waals surface area contributed by atoms with Gasteiger partial charge >= 0.3 is 0 Å². The van der Waals surface area contributed by atoms with Crippen LogP contribution in [0.15, 0.2) is 18.2 Å². The van der Waals surface area contributed by atoms with Gasteiger partial charge in [-0.25, -0.2) is 0 Å². The summed E-state index contributed by atoms with van der Waals surface area (Å²) in [5.41, 5.74) is 6.73. The standard InChI is InChI=1S/C12H17ClN2O2/c1-2-17-7-3-4-12(16)15-11-8-9(14)5-6-10(11)13/h5-6,8H,2-4,7,14H2,1H3,(H,15,16). The maximum Gasteiger partial charge on any atom is 0.224 e. The fraction of sp³-hybridized carbons (Fsp3) is 0.417. The van der Waals surface area contributed by atoms with Crippen molar-refractivity contribution in [1.82, 2.24) is 0 Å². The fourth-order valence-corrected chi connectivity index (χ4v) is 1.50. The molecule has 0 bridgehead atoms. The Bertz CT molecular complexity index is 383. The van der Waals surface area contributed by atoms with Crippen molar-refractivity contribution < 1.29 is 9.53 Å². The van der Waals surface area contributed by atoms with Crippen molar-refractivity contribution in [2.24, 2.45) is 0 Å². The first-order valence-electron chi connectivity index (χ1n) is 5.56. The van der Waals surface area contributed by atoms with Crippen LogP contribution < -0.4 is 11.1 Å². The number of anilines is 2. The molecule has 3 N–H and O–H groups in total. The van der Waals surface area contributed by atoms with Gasteiger partial charge in [-0.05, 0) is 31.5 Å². The van der Waals surface area contributed by atoms with Crippen molar-refractivity contribution in [1.29, 1.82) is 0 Å². The molecular formula is C12H17ClN2O2. The number of rotatable bonds is 6. The highest BCUT2D eigenvalue weighted by Crippen LogP contribution is 2.24. The molecule has 0 atom stereocenters. The average Bonchev–Trinajstić information content (AvgIpc) is 2.29. The molecule has 17 heavy (non-hydrogen) atoms. The molecule has 0 aromatic heterocycles. The molecule has 4 nitrogen and oxygen atoms in total. The van der Waals surface area contributed by atoms with Gasteiger partial charge in [0.15, 0.2) is 0 Å². The summed E-state index contributed by atoms with van der Waals surface area (Å²) in [5, 5.41) is 3.21. The Morgan fingerprint density at radius 1 is 1.53 bits per heavy atom. The fourth-order valence-electron chi connectivity index (χ4n) is 1.33. The summed E-state index contributed by atoms with van der Waals surface area (Å²) in [6.07, 6.45) is 1.10. The zero-order valence-corrected chi connectivity index (χ0v) is 10.6. The summed E-state index contributed by atoms with van der Waals surface area (Å²) in [4.78, 5) is 11.6. The third kappa shape index (κ3) is 5.06. The first-order chi connectivity index (χ1) is 8.13. The van der Waals surface area contributed by atoms with Gasteiger partial charge in [-0.3, -0.25) is 4.79 Å². The number of carbonyl (C=O) groups excluding carboxylic acids is 1. The van der Waals surface area contributed by atoms with Crippen LogP contribution in [0.2, 0.25) is 5.02 Å². The van der Waals surface area contributed by atoms with Gasteiger partial charge in [0.05, 0.1) is 10.7 Å². The minimum atomic E-state index is -0.0859. The highest BCUT2D eigenvalue weighted by molar-refractivity contribution is 6.33. The Kier molecular flexibility index (Phi) is 5.80. The van der Waals surface area contributed by atoms with Gasteiger partial charge in [0.1, 0.15) is 0 Å². The Hall–Kier alpha value is -1.26. The lowest BCUT2D eigenvalue weighted by Gasteiger charge is -2.08. The van der Waals surface area contributed by atoms with Crippen LogP contribution in [-0.2, 0) is 9.53 Å². The van der Waals surface area contributed by atoms with E-state index in [0.29, 0.717) is 42.5 Å². The van der Waals surface area contributed by atoms with Gasteiger partial charge in [-0.2, -0.15) is 0 Å². The number of nitrogen functional groups attached to an aromatic ring is 1. The van der Waals surface area contributed by atoms with Crippen LogP contribution in [0, 0.1) is 0 Å². The Labute approximate surface area is 106 Å². The van der Waals surface area contributed by atoms with Crippen LogP contribution in [0.5, 0.6) is 0 Å². The SMILES string of the molecule is CCOCCCC(=O)Nc1cc(N)ccc1Cl. The highest BCUT2D eigenvalue weighted by atomic mass is 35.5. The zero-order chi connectivity index (χ0) is 12.7. The first-order valence-corrected chi connectivity index (χ1v) is 5.94. The second kappa shape index (κ2) is 7.14. The molecule has 1 aromatic carbocycles. The van der Waals surface area contributed by atoms with Gasteiger partial charge in [0.25, 0.3) is 0 Å². The molecule has 1 amide bonds. The van der Waals surface area contributed by atoms with Crippen molar-refractivity contribution in [3.8, 4) is 0 Å². The molecule has 0 saturated carbocycles. The van der Waals surface area contributed by atoms with Crippen LogP contribution in [0.4, 0.5) is 11.4 Å². The Balaban J connectivity index is 2.42. The molecule has 94 valence electrons. The van der Waals surface area contributed by atoms with Crippen molar-refractivity contribution in [2.75, 3.05) is 24.3 Å². The van der Waals surface area contributed by atoms with Crippen molar-refractivity contribution in [3.63, 3.8) is 0 Å². The van der Waals surface area contributed by atoms with Crippen LogP contribution >= 0.6 is 11.6 Å². The number of ether oxygens (including phenoxy) is 1. The van der Waals surface area contributed by atoms with E-state index in [-0.39, 0.29) is 5.91 Å². The van der Waals surface area contributed by atoms with E-state index in [2.05, 4.69) is 5.32 Å². The van der Waals surface area contributed by atoms with Gasteiger partial charge < -0.3 is 15.8 Å². The van der Waals surface area contributed by atoms with Crippen molar-refractivity contribution in [3.05, 3.63) is 23.2 Å². The number of halogens is 1. The minimum absolute atomic E-state index is 0.0859. The number of carbonyl (C=O) groups is 1. The third-order valence-corrected chi connectivity index (χ3v) is 2.49. The van der Waals surface area contributed by atoms with Crippen LogP contribution in [0.3, 0.4) is 0 Å². The number of hydrogen-bond acceptors (Lipinski definition) is 3. The molecule has 0 saturated heterocycles. The van der Waals surface area contributed by atoms with Gasteiger partial charge in [-0.15, -0.1) is 0 Å². The largest absolute Gasteiger partial charge is 0.399 e. The van der Waals surface area contributed by atoms with E-state index in [1.54, 1.807) is 18.2 Å². The molecule has 0 unspecified atom stereocenters. The van der Waals surface area contributed by atoms with Crippen molar-refractivity contribution in [2.45, 2.75) is 19.8 Å². The van der Waals surface area contributed by atoms with E-state index in [1.165, 1.54) is 0 Å². The third-order valence-electron chi connectivity index (χ3n) is 2.16. The van der Waals surface area contributed by atoms with Gasteiger partial charge in [-0.1, -0.05) is 11.6 Å². The molecule has 0 aliphatic carbocycles. The molecule has 5 heteroatoms. The lowest BCUT2D eigenvalue weighted by Crippen LogP contribution is -2.12. The number of benzene rings is 1. The maximum absolute atomic E-state index is 11.6. The maximum atomic E-state index is 11.6. The number of hydrogen-bond donors (Lipinski definition) is 2. The second-order valence-corrected chi connectivity index (χ2v) is 4.00. The van der Waals surface area contributed by atoms with E-state index >= 15 is 0 Å². The molecule has 0 aliphatic heterocycles. The lowest BCUT2D eigenvalue weighted by molar-refractivity contribution is -0.116.